The minimum atomic E-state index is -1.33. The third-order valence-corrected chi connectivity index (χ3v) is 3.99. The number of rotatable bonds is 6. The van der Waals surface area contributed by atoms with Crippen molar-refractivity contribution in [2.24, 2.45) is 7.05 Å². The largest absolute Gasteiger partial charge is 0.480 e. The molecule has 0 aliphatic rings. The van der Waals surface area contributed by atoms with Crippen LogP contribution in [0.25, 0.3) is 11.0 Å². The van der Waals surface area contributed by atoms with Gasteiger partial charge in [0.2, 0.25) is 5.91 Å². The first-order chi connectivity index (χ1) is 10.8. The summed E-state index contributed by atoms with van der Waals surface area (Å²) < 4.78 is 2.81. The Morgan fingerprint density at radius 2 is 1.87 bits per heavy atom. The van der Waals surface area contributed by atoms with E-state index in [-0.39, 0.29) is 12.2 Å². The Balaban J connectivity index is 2.29. The van der Waals surface area contributed by atoms with Gasteiger partial charge in [-0.05, 0) is 25.5 Å². The van der Waals surface area contributed by atoms with E-state index < -0.39 is 17.4 Å². The molecule has 0 saturated carbocycles. The molecule has 0 fully saturated rings. The number of fused-ring (bicyclic) bond motifs is 1. The Morgan fingerprint density at radius 3 is 2.43 bits per heavy atom. The predicted molar refractivity (Wildman–Crippen MR) is 86.3 cm³/mol. The van der Waals surface area contributed by atoms with Gasteiger partial charge in [0.05, 0.1) is 11.0 Å². The fourth-order valence-corrected chi connectivity index (χ4v) is 2.73. The van der Waals surface area contributed by atoms with Crippen molar-refractivity contribution in [2.45, 2.75) is 38.8 Å². The molecule has 23 heavy (non-hydrogen) atoms. The smallest absolute Gasteiger partial charge is 0.329 e. The zero-order chi connectivity index (χ0) is 17.2. The van der Waals surface area contributed by atoms with Crippen molar-refractivity contribution in [3.8, 4) is 0 Å². The first-order valence-corrected chi connectivity index (χ1v) is 7.49. The van der Waals surface area contributed by atoms with E-state index >= 15 is 0 Å². The Morgan fingerprint density at radius 1 is 1.26 bits per heavy atom. The van der Waals surface area contributed by atoms with Crippen LogP contribution in [0.3, 0.4) is 0 Å². The average molecular weight is 319 g/mol. The lowest BCUT2D eigenvalue weighted by atomic mass is 9.96. The molecule has 1 aromatic carbocycles. The van der Waals surface area contributed by atoms with E-state index in [1.165, 1.54) is 16.1 Å². The van der Waals surface area contributed by atoms with Crippen LogP contribution in [-0.2, 0) is 23.2 Å². The normalized spacial score (nSPS) is 13.7. The third-order valence-electron chi connectivity index (χ3n) is 3.99. The van der Waals surface area contributed by atoms with Crippen LogP contribution in [-0.4, -0.2) is 31.7 Å². The Labute approximate surface area is 133 Å². The van der Waals surface area contributed by atoms with Crippen molar-refractivity contribution >= 4 is 22.9 Å². The molecule has 0 spiro atoms. The number of carbonyl (C=O) groups excluding carboxylic acids is 1. The van der Waals surface area contributed by atoms with Gasteiger partial charge in [-0.25, -0.2) is 9.59 Å². The fourth-order valence-electron chi connectivity index (χ4n) is 2.73. The Bertz CT molecular complexity index is 805. The molecule has 124 valence electrons. The van der Waals surface area contributed by atoms with Crippen molar-refractivity contribution in [2.75, 3.05) is 0 Å². The lowest BCUT2D eigenvalue weighted by Gasteiger charge is -2.25. The molecule has 7 nitrogen and oxygen atoms in total. The highest BCUT2D eigenvalue weighted by Crippen LogP contribution is 2.14. The van der Waals surface area contributed by atoms with Gasteiger partial charge in [-0.15, -0.1) is 0 Å². The molecule has 1 unspecified atom stereocenters. The monoisotopic (exact) mass is 319 g/mol. The molecule has 1 amide bonds. The molecule has 1 aromatic heterocycles. The number of imidazole rings is 1. The van der Waals surface area contributed by atoms with E-state index in [0.29, 0.717) is 18.4 Å². The first-order valence-electron chi connectivity index (χ1n) is 7.49. The third kappa shape index (κ3) is 3.13. The zero-order valence-corrected chi connectivity index (χ0v) is 13.5. The molecule has 1 atom stereocenters. The number of para-hydroxylation sites is 2. The lowest BCUT2D eigenvalue weighted by molar-refractivity contribution is -0.147. The standard InChI is InChI=1S/C16H21N3O4/c1-4-9-16(2,14(21)22)17-13(20)10-19-12-8-6-5-7-11(12)18(3)15(19)23/h5-8H,4,9-10H2,1-3H3,(H,17,20)(H,21,22). The summed E-state index contributed by atoms with van der Waals surface area (Å²) in [6, 6.07) is 7.15. The second-order valence-electron chi connectivity index (χ2n) is 5.85. The van der Waals surface area contributed by atoms with E-state index in [4.69, 9.17) is 0 Å². The summed E-state index contributed by atoms with van der Waals surface area (Å²) >= 11 is 0. The van der Waals surface area contributed by atoms with Crippen LogP contribution >= 0.6 is 0 Å². The highest BCUT2D eigenvalue weighted by molar-refractivity contribution is 5.87. The van der Waals surface area contributed by atoms with Crippen LogP contribution in [0.4, 0.5) is 0 Å². The number of carboxylic acids is 1. The van der Waals surface area contributed by atoms with Crippen LogP contribution in [0.5, 0.6) is 0 Å². The highest BCUT2D eigenvalue weighted by atomic mass is 16.4. The molecule has 2 aromatic rings. The van der Waals surface area contributed by atoms with Crippen molar-refractivity contribution in [1.82, 2.24) is 14.5 Å². The van der Waals surface area contributed by atoms with Gasteiger partial charge in [-0.1, -0.05) is 25.5 Å². The van der Waals surface area contributed by atoms with Crippen molar-refractivity contribution in [3.63, 3.8) is 0 Å². The van der Waals surface area contributed by atoms with E-state index in [2.05, 4.69) is 5.32 Å². The number of amides is 1. The van der Waals surface area contributed by atoms with Gasteiger partial charge >= 0.3 is 11.7 Å². The van der Waals surface area contributed by atoms with Gasteiger partial charge in [-0.2, -0.15) is 0 Å². The number of hydrogen-bond acceptors (Lipinski definition) is 3. The molecule has 1 heterocycles. The minimum Gasteiger partial charge on any atom is -0.480 e. The number of nitrogens with zero attached hydrogens (tertiary/aromatic N) is 2. The second-order valence-corrected chi connectivity index (χ2v) is 5.85. The van der Waals surface area contributed by atoms with Crippen LogP contribution in [0, 0.1) is 0 Å². The summed E-state index contributed by atoms with van der Waals surface area (Å²) in [7, 11) is 1.64. The summed E-state index contributed by atoms with van der Waals surface area (Å²) in [6.45, 7) is 3.11. The maximum absolute atomic E-state index is 12.3. The van der Waals surface area contributed by atoms with Crippen LogP contribution in [0.2, 0.25) is 0 Å². The topological polar surface area (TPSA) is 93.3 Å². The lowest BCUT2D eigenvalue weighted by Crippen LogP contribution is -2.53. The molecular weight excluding hydrogens is 298 g/mol. The van der Waals surface area contributed by atoms with Crippen LogP contribution < -0.4 is 11.0 Å². The summed E-state index contributed by atoms with van der Waals surface area (Å²) in [5.74, 6) is -1.58. The maximum atomic E-state index is 12.3. The van der Waals surface area contributed by atoms with Gasteiger partial charge < -0.3 is 10.4 Å². The molecule has 0 bridgehead atoms. The maximum Gasteiger partial charge on any atom is 0.329 e. The molecular formula is C16H21N3O4. The second kappa shape index (κ2) is 6.28. The molecule has 0 aliphatic carbocycles. The Hall–Kier alpha value is -2.57. The molecule has 0 aliphatic heterocycles. The van der Waals surface area contributed by atoms with Crippen molar-refractivity contribution in [1.29, 1.82) is 0 Å². The van der Waals surface area contributed by atoms with Crippen LogP contribution in [0.1, 0.15) is 26.7 Å². The van der Waals surface area contributed by atoms with Gasteiger partial charge in [0, 0.05) is 7.05 Å². The first kappa shape index (κ1) is 16.8. The molecule has 0 radical (unpaired) electrons. The van der Waals surface area contributed by atoms with E-state index in [1.807, 2.05) is 13.0 Å². The summed E-state index contributed by atoms with van der Waals surface area (Å²) in [5.41, 5.74) is -0.281. The number of carboxylic acid groups (broad SMARTS) is 1. The SMILES string of the molecule is CCCC(C)(NC(=O)Cn1c(=O)n(C)c2ccccc21)C(=O)O. The zero-order valence-electron chi connectivity index (χ0n) is 13.5. The van der Waals surface area contributed by atoms with E-state index in [9.17, 15) is 19.5 Å². The molecule has 2 rings (SSSR count). The van der Waals surface area contributed by atoms with E-state index in [1.54, 1.807) is 25.2 Å². The number of carbonyl (C=O) groups is 2. The van der Waals surface area contributed by atoms with Gasteiger partial charge in [0.25, 0.3) is 0 Å². The predicted octanol–water partition coefficient (Wildman–Crippen LogP) is 1.10. The summed E-state index contributed by atoms with van der Waals surface area (Å²) in [4.78, 5) is 35.9. The minimum absolute atomic E-state index is 0.216. The quantitative estimate of drug-likeness (QED) is 0.834. The summed E-state index contributed by atoms with van der Waals surface area (Å²) in [6.07, 6.45) is 0.940. The van der Waals surface area contributed by atoms with Crippen molar-refractivity contribution < 1.29 is 14.7 Å². The fraction of sp³-hybridized carbons (Fsp3) is 0.438. The molecule has 7 heteroatoms. The molecule has 2 N–H and O–H groups in total. The number of nitrogens with one attached hydrogen (secondary N) is 1. The van der Waals surface area contributed by atoms with Crippen LogP contribution in [0.15, 0.2) is 29.1 Å². The van der Waals surface area contributed by atoms with Crippen molar-refractivity contribution in [3.05, 3.63) is 34.7 Å². The van der Waals surface area contributed by atoms with Gasteiger partial charge in [-0.3, -0.25) is 13.9 Å². The summed E-state index contributed by atoms with van der Waals surface area (Å²) in [5, 5.41) is 11.9. The molecule has 0 saturated heterocycles. The number of aromatic nitrogens is 2. The average Bonchev–Trinajstić information content (AvgIpc) is 2.73. The number of aryl methyl sites for hydroxylation is 1. The number of benzene rings is 1. The number of hydrogen-bond donors (Lipinski definition) is 2. The van der Waals surface area contributed by atoms with Gasteiger partial charge in [0.15, 0.2) is 0 Å². The van der Waals surface area contributed by atoms with E-state index in [0.717, 1.165) is 5.52 Å². The Kier molecular flexibility index (Phi) is 4.58. The van der Waals surface area contributed by atoms with Gasteiger partial charge in [0.1, 0.15) is 12.1 Å². The number of aliphatic carboxylic acids is 1. The highest BCUT2D eigenvalue weighted by Gasteiger charge is 2.33.